The average molecular weight is 1210 g/mol. The number of hydrogen-bond acceptors (Lipinski definition) is 0. The molecule has 0 heteroatoms. The molecule has 19 aromatic rings. The van der Waals surface area contributed by atoms with Crippen LogP contribution in [0.3, 0.4) is 0 Å². The Bertz CT molecular complexity index is 6310. The van der Waals surface area contributed by atoms with Gasteiger partial charge in [0, 0.05) is 0 Å². The molecule has 0 aliphatic heterocycles. The summed E-state index contributed by atoms with van der Waals surface area (Å²) in [6, 6.07) is 120. The van der Waals surface area contributed by atoms with Gasteiger partial charge in [-0.25, -0.2) is 0 Å². The van der Waals surface area contributed by atoms with Crippen LogP contribution in [0.1, 0.15) is 11.1 Å². The monoisotopic (exact) mass is 1210 g/mol. The molecule has 2 aliphatic rings. The van der Waals surface area contributed by atoms with Crippen LogP contribution < -0.4 is 0 Å². The van der Waals surface area contributed by atoms with Gasteiger partial charge in [0.05, 0.1) is 0 Å². The standard InChI is InChI=1S/C96H58/c1-55-49-56(2)51-60(50-55)87-68-37-17-22-42-73(68)93(82-52-59-29-9-10-30-61(59)62-31-11-12-32-63(62)82)96-79-48-46-77-81-54-84-83(53-80(81)76-45-47-78(95(87)96)94(79)90(76)77)91(88-69-38-18-13-33-64(69)85(57-25-5-3-6-26-57)65-34-14-19-39-70(65)88)74-43-23-24-44-75(74)92(84)89-71-40-20-15-35-66(71)86(58-27-7-4-8-28-58)67-36-16-21-41-72(67)89/h3-54H,1-2H3. The van der Waals surface area contributed by atoms with Gasteiger partial charge in [-0.05, 0) is 251 Å². The maximum absolute atomic E-state index is 2.63. The van der Waals surface area contributed by atoms with E-state index in [4.69, 9.17) is 0 Å². The quantitative estimate of drug-likeness (QED) is 0.115. The fourth-order valence-corrected chi connectivity index (χ4v) is 18.1. The summed E-state index contributed by atoms with van der Waals surface area (Å²) in [6.07, 6.45) is 0. The lowest BCUT2D eigenvalue weighted by Crippen LogP contribution is -1.97. The zero-order valence-corrected chi connectivity index (χ0v) is 53.0. The molecule has 0 N–H and O–H groups in total. The third kappa shape index (κ3) is 7.33. The van der Waals surface area contributed by atoms with Crippen LogP contribution in [0, 0.1) is 13.8 Å². The molecule has 96 heavy (non-hydrogen) atoms. The van der Waals surface area contributed by atoms with Gasteiger partial charge in [0.15, 0.2) is 0 Å². The van der Waals surface area contributed by atoms with Crippen LogP contribution >= 0.6 is 0 Å². The molecule has 0 amide bonds. The van der Waals surface area contributed by atoms with Gasteiger partial charge in [-0.1, -0.05) is 308 Å². The van der Waals surface area contributed by atoms with Gasteiger partial charge >= 0.3 is 0 Å². The fraction of sp³-hybridized carbons (Fsp3) is 0.0208. The van der Waals surface area contributed by atoms with Gasteiger partial charge < -0.3 is 0 Å². The van der Waals surface area contributed by atoms with Crippen LogP contribution in [0.4, 0.5) is 0 Å². The third-order valence-electron chi connectivity index (χ3n) is 21.7. The predicted octanol–water partition coefficient (Wildman–Crippen LogP) is 27.1. The Kier molecular flexibility index (Phi) is 11.2. The molecule has 19 aromatic carbocycles. The molecule has 0 nitrogen and oxygen atoms in total. The van der Waals surface area contributed by atoms with Crippen molar-refractivity contribution in [3.05, 3.63) is 327 Å². The van der Waals surface area contributed by atoms with Gasteiger partial charge in [0.25, 0.3) is 0 Å². The van der Waals surface area contributed by atoms with E-state index in [0.717, 1.165) is 0 Å². The van der Waals surface area contributed by atoms with Gasteiger partial charge in [-0.2, -0.15) is 0 Å². The number of hydrogen-bond donors (Lipinski definition) is 0. The molecule has 0 saturated heterocycles. The van der Waals surface area contributed by atoms with E-state index >= 15 is 0 Å². The second kappa shape index (κ2) is 20.1. The fourth-order valence-electron chi connectivity index (χ4n) is 18.1. The molecule has 442 valence electrons. The summed E-state index contributed by atoms with van der Waals surface area (Å²) in [4.78, 5) is 0. The molecular formula is C96H58. The maximum atomic E-state index is 2.63. The minimum Gasteiger partial charge on any atom is -0.0622 e. The molecule has 0 heterocycles. The van der Waals surface area contributed by atoms with Gasteiger partial charge in [0.2, 0.25) is 0 Å². The highest BCUT2D eigenvalue weighted by molar-refractivity contribution is 6.38. The summed E-state index contributed by atoms with van der Waals surface area (Å²) in [7, 11) is 0. The van der Waals surface area contributed by atoms with Gasteiger partial charge in [-0.15, -0.1) is 0 Å². The van der Waals surface area contributed by atoms with Crippen LogP contribution in [-0.4, -0.2) is 0 Å². The zero-order chi connectivity index (χ0) is 63.0. The first-order chi connectivity index (χ1) is 47.5. The molecule has 21 rings (SSSR count). The van der Waals surface area contributed by atoms with E-state index < -0.39 is 0 Å². The largest absolute Gasteiger partial charge is 0.0622 e. The Morgan fingerprint density at radius 2 is 0.448 bits per heavy atom. The topological polar surface area (TPSA) is 0 Å². The van der Waals surface area contributed by atoms with Crippen molar-refractivity contribution in [2.24, 2.45) is 0 Å². The molecule has 0 unspecified atom stereocenters. The predicted molar refractivity (Wildman–Crippen MR) is 412 cm³/mol. The summed E-state index contributed by atoms with van der Waals surface area (Å²) in [5.41, 5.74) is 27.9. The van der Waals surface area contributed by atoms with Crippen LogP contribution in [0.5, 0.6) is 0 Å². The number of fused-ring (bicyclic) bond motifs is 16. The van der Waals surface area contributed by atoms with Crippen molar-refractivity contribution in [1.82, 2.24) is 0 Å². The molecule has 0 saturated carbocycles. The second-order valence-corrected chi connectivity index (χ2v) is 26.8. The molecular weight excluding hydrogens is 1150 g/mol. The van der Waals surface area contributed by atoms with Crippen LogP contribution in [-0.2, 0) is 0 Å². The van der Waals surface area contributed by atoms with E-state index in [9.17, 15) is 0 Å². The maximum Gasteiger partial charge on any atom is -0.000718 e. The Labute approximate surface area is 555 Å². The Balaban J connectivity index is 0.924. The first kappa shape index (κ1) is 53.3. The zero-order valence-electron chi connectivity index (χ0n) is 53.0. The number of rotatable bonds is 6. The SMILES string of the molecule is Cc1cc(C)cc(-c2c3c(c(-c4cc5ccccc5c5ccccc45)c4ccccc24)-c2ccc4c5c(ccc-3c25)-c2cc3c(-c5c6ccccc6c(-c6ccccc6)c6ccccc56)c5ccccc5c(-c5c6ccccc6c(-c6ccccc6)c6ccccc56)c3cc2-4)c1. The minimum absolute atomic E-state index is 1.22. The summed E-state index contributed by atoms with van der Waals surface area (Å²) < 4.78 is 0. The smallest absolute Gasteiger partial charge is 0.000718 e. The molecule has 0 aromatic heterocycles. The van der Waals surface area contributed by atoms with Crippen molar-refractivity contribution in [3.63, 3.8) is 0 Å². The van der Waals surface area contributed by atoms with E-state index in [2.05, 4.69) is 329 Å². The van der Waals surface area contributed by atoms with E-state index in [1.54, 1.807) is 0 Å². The van der Waals surface area contributed by atoms with E-state index in [1.807, 2.05) is 0 Å². The van der Waals surface area contributed by atoms with Crippen LogP contribution in [0.25, 0.3) is 219 Å². The Hall–Kier alpha value is -12.2. The second-order valence-electron chi connectivity index (χ2n) is 26.8. The van der Waals surface area contributed by atoms with Crippen molar-refractivity contribution in [2.45, 2.75) is 13.8 Å². The molecule has 0 radical (unpaired) electrons. The highest BCUT2D eigenvalue weighted by Crippen LogP contribution is 2.64. The molecule has 0 atom stereocenters. The normalized spacial score (nSPS) is 12.3. The third-order valence-corrected chi connectivity index (χ3v) is 21.7. The molecule has 0 bridgehead atoms. The average Bonchev–Trinajstić information content (AvgIpc) is 1.49. The minimum atomic E-state index is 1.22. The van der Waals surface area contributed by atoms with Crippen molar-refractivity contribution in [1.29, 1.82) is 0 Å². The van der Waals surface area contributed by atoms with Crippen molar-refractivity contribution < 1.29 is 0 Å². The summed E-state index contributed by atoms with van der Waals surface area (Å²) in [5.74, 6) is 0. The highest BCUT2D eigenvalue weighted by atomic mass is 14.4. The first-order valence-electron chi connectivity index (χ1n) is 33.7. The molecule has 0 spiro atoms. The number of aryl methyl sites for hydroxylation is 2. The first-order valence-corrected chi connectivity index (χ1v) is 33.7. The summed E-state index contributed by atoms with van der Waals surface area (Å²) >= 11 is 0. The Morgan fingerprint density at radius 1 is 0.146 bits per heavy atom. The van der Waals surface area contributed by atoms with Crippen molar-refractivity contribution in [2.75, 3.05) is 0 Å². The van der Waals surface area contributed by atoms with E-state index in [0.29, 0.717) is 0 Å². The summed E-state index contributed by atoms with van der Waals surface area (Å²) in [6.45, 7) is 4.50. The number of benzene rings is 19. The lowest BCUT2D eigenvalue weighted by atomic mass is 9.78. The summed E-state index contributed by atoms with van der Waals surface area (Å²) in [5, 5.41) is 25.1. The van der Waals surface area contributed by atoms with Gasteiger partial charge in [-0.3, -0.25) is 0 Å². The molecule has 0 fully saturated rings. The lowest BCUT2D eigenvalue weighted by molar-refractivity contribution is 1.39. The van der Waals surface area contributed by atoms with E-state index in [1.165, 1.54) is 230 Å². The van der Waals surface area contributed by atoms with E-state index in [-0.39, 0.29) is 0 Å². The van der Waals surface area contributed by atoms with Crippen molar-refractivity contribution in [3.8, 4) is 111 Å². The van der Waals surface area contributed by atoms with Crippen LogP contribution in [0.2, 0.25) is 0 Å². The van der Waals surface area contributed by atoms with Gasteiger partial charge in [0.1, 0.15) is 0 Å². The lowest BCUT2D eigenvalue weighted by Gasteiger charge is -2.24. The molecule has 2 aliphatic carbocycles. The van der Waals surface area contributed by atoms with Crippen LogP contribution in [0.15, 0.2) is 315 Å². The highest BCUT2D eigenvalue weighted by Gasteiger charge is 2.36. The van der Waals surface area contributed by atoms with Crippen molar-refractivity contribution >= 4 is 108 Å². The Morgan fingerprint density at radius 3 is 0.875 bits per heavy atom.